The lowest BCUT2D eigenvalue weighted by Gasteiger charge is -2.28. The second kappa shape index (κ2) is 6.16. The number of hydrogen-bond donors (Lipinski definition) is 0. The first-order valence-electron chi connectivity index (χ1n) is 9.14. The molecule has 1 aliphatic heterocycles. The van der Waals surface area contributed by atoms with E-state index in [9.17, 15) is 0 Å². The standard InChI is InChI=1S/C21H26N5/c1-15(2)25-13-14-26(16(25)3)20-12-8-11-19(23(20)4)21-22-17-9-6-7-10-18(17)24(21)5/h6-16H,1-5H3/q+1/t16-/m1/s1. The fourth-order valence-corrected chi connectivity index (χ4v) is 3.84. The summed E-state index contributed by atoms with van der Waals surface area (Å²) >= 11 is 0. The van der Waals surface area contributed by atoms with Gasteiger partial charge in [0.1, 0.15) is 6.20 Å². The summed E-state index contributed by atoms with van der Waals surface area (Å²) in [6.45, 7) is 6.68. The largest absolute Gasteiger partial charge is 0.334 e. The Bertz CT molecular complexity index is 985. The van der Waals surface area contributed by atoms with Crippen molar-refractivity contribution in [2.45, 2.75) is 33.0 Å². The van der Waals surface area contributed by atoms with Crippen molar-refractivity contribution >= 4 is 16.9 Å². The molecular formula is C21H26N5+. The van der Waals surface area contributed by atoms with Crippen LogP contribution >= 0.6 is 0 Å². The molecule has 0 saturated carbocycles. The minimum absolute atomic E-state index is 0.289. The van der Waals surface area contributed by atoms with Gasteiger partial charge in [0.15, 0.2) is 17.7 Å². The number of nitrogens with zero attached hydrogens (tertiary/aromatic N) is 5. The van der Waals surface area contributed by atoms with Crippen LogP contribution in [-0.4, -0.2) is 26.7 Å². The average Bonchev–Trinajstić information content (AvgIpc) is 3.16. The van der Waals surface area contributed by atoms with Crippen LogP contribution in [0.1, 0.15) is 20.8 Å². The van der Waals surface area contributed by atoms with Crippen LogP contribution in [0, 0.1) is 0 Å². The molecule has 26 heavy (non-hydrogen) atoms. The second-order valence-electron chi connectivity index (χ2n) is 7.19. The number of aryl methyl sites for hydroxylation is 1. The molecule has 0 unspecified atom stereocenters. The summed E-state index contributed by atoms with van der Waals surface area (Å²) in [5.74, 6) is 2.13. The number of pyridine rings is 1. The molecule has 0 fully saturated rings. The number of imidazole rings is 1. The molecule has 0 spiro atoms. The van der Waals surface area contributed by atoms with Gasteiger partial charge in [-0.2, -0.15) is 0 Å². The average molecular weight is 348 g/mol. The fraction of sp³-hybridized carbons (Fsp3) is 0.333. The summed E-state index contributed by atoms with van der Waals surface area (Å²) in [5, 5.41) is 0. The van der Waals surface area contributed by atoms with E-state index in [2.05, 4.69) is 103 Å². The quantitative estimate of drug-likeness (QED) is 0.679. The van der Waals surface area contributed by atoms with Gasteiger partial charge < -0.3 is 9.47 Å². The smallest absolute Gasteiger partial charge is 0.283 e. The third-order valence-electron chi connectivity index (χ3n) is 5.31. The van der Waals surface area contributed by atoms with Crippen molar-refractivity contribution < 1.29 is 4.57 Å². The Morgan fingerprint density at radius 1 is 1.04 bits per heavy atom. The van der Waals surface area contributed by atoms with Gasteiger partial charge in [-0.15, -0.1) is 0 Å². The van der Waals surface area contributed by atoms with Gasteiger partial charge in [0.2, 0.25) is 0 Å². The molecule has 1 aromatic carbocycles. The predicted octanol–water partition coefficient (Wildman–Crippen LogP) is 3.41. The SMILES string of the molecule is CC(C)N1C=CN(c2cccc(-c3nc4ccccc4n3C)[n+]2C)[C@@H]1C. The van der Waals surface area contributed by atoms with Gasteiger partial charge in [-0.1, -0.05) is 12.1 Å². The lowest BCUT2D eigenvalue weighted by atomic mass is 10.3. The zero-order valence-electron chi connectivity index (χ0n) is 16.1. The van der Waals surface area contributed by atoms with Gasteiger partial charge in [0.25, 0.3) is 5.82 Å². The highest BCUT2D eigenvalue weighted by Crippen LogP contribution is 2.26. The van der Waals surface area contributed by atoms with E-state index in [-0.39, 0.29) is 6.17 Å². The third-order valence-corrected chi connectivity index (χ3v) is 5.31. The van der Waals surface area contributed by atoms with E-state index < -0.39 is 0 Å². The second-order valence-corrected chi connectivity index (χ2v) is 7.19. The maximum atomic E-state index is 4.87. The van der Waals surface area contributed by atoms with Crippen molar-refractivity contribution in [1.82, 2.24) is 14.5 Å². The molecule has 0 saturated heterocycles. The van der Waals surface area contributed by atoms with Gasteiger partial charge in [-0.25, -0.2) is 14.5 Å². The van der Waals surface area contributed by atoms with E-state index in [1.165, 1.54) is 0 Å². The molecule has 0 amide bonds. The van der Waals surface area contributed by atoms with Crippen LogP contribution in [0.4, 0.5) is 5.82 Å². The highest BCUT2D eigenvalue weighted by atomic mass is 15.4. The number of anilines is 1. The Labute approximate surface area is 154 Å². The van der Waals surface area contributed by atoms with Gasteiger partial charge in [0.05, 0.1) is 18.1 Å². The van der Waals surface area contributed by atoms with E-state index >= 15 is 0 Å². The molecule has 4 rings (SSSR count). The number of aromatic nitrogens is 3. The molecule has 1 atom stereocenters. The van der Waals surface area contributed by atoms with Crippen molar-refractivity contribution in [2.75, 3.05) is 4.90 Å². The number of benzene rings is 1. The van der Waals surface area contributed by atoms with Crippen molar-refractivity contribution in [2.24, 2.45) is 14.1 Å². The number of rotatable bonds is 3. The molecule has 1 aliphatic rings. The topological polar surface area (TPSA) is 28.2 Å². The minimum atomic E-state index is 0.289. The first kappa shape index (κ1) is 16.6. The Hall–Kier alpha value is -2.82. The lowest BCUT2D eigenvalue weighted by Crippen LogP contribution is -2.46. The van der Waals surface area contributed by atoms with Crippen LogP contribution < -0.4 is 9.47 Å². The fourth-order valence-electron chi connectivity index (χ4n) is 3.84. The van der Waals surface area contributed by atoms with Crippen molar-refractivity contribution in [1.29, 1.82) is 0 Å². The monoisotopic (exact) mass is 348 g/mol. The van der Waals surface area contributed by atoms with Crippen molar-refractivity contribution in [3.05, 3.63) is 54.9 Å². The highest BCUT2D eigenvalue weighted by Gasteiger charge is 2.33. The molecule has 3 aromatic rings. The van der Waals surface area contributed by atoms with Crippen LogP contribution in [0.5, 0.6) is 0 Å². The molecule has 5 heteroatoms. The summed E-state index contributed by atoms with van der Waals surface area (Å²) in [7, 11) is 4.19. The van der Waals surface area contributed by atoms with Crippen molar-refractivity contribution in [3.63, 3.8) is 0 Å². The lowest BCUT2D eigenvalue weighted by molar-refractivity contribution is -0.648. The number of fused-ring (bicyclic) bond motifs is 1. The minimum Gasteiger partial charge on any atom is -0.334 e. The van der Waals surface area contributed by atoms with Crippen LogP contribution in [0.3, 0.4) is 0 Å². The van der Waals surface area contributed by atoms with Gasteiger partial charge >= 0.3 is 0 Å². The maximum Gasteiger partial charge on any atom is 0.283 e. The molecule has 3 heterocycles. The van der Waals surface area contributed by atoms with E-state index in [0.29, 0.717) is 6.04 Å². The van der Waals surface area contributed by atoms with Crippen molar-refractivity contribution in [3.8, 4) is 11.5 Å². The van der Waals surface area contributed by atoms with Gasteiger partial charge in [0, 0.05) is 25.4 Å². The van der Waals surface area contributed by atoms with Crippen LogP contribution in [-0.2, 0) is 14.1 Å². The molecular weight excluding hydrogens is 322 g/mol. The molecule has 0 N–H and O–H groups in total. The third kappa shape index (κ3) is 2.46. The molecule has 5 nitrogen and oxygen atoms in total. The molecule has 0 aliphatic carbocycles. The van der Waals surface area contributed by atoms with Crippen LogP contribution in [0.2, 0.25) is 0 Å². The normalized spacial score (nSPS) is 17.1. The van der Waals surface area contributed by atoms with E-state index in [0.717, 1.165) is 28.4 Å². The Balaban J connectivity index is 1.80. The number of para-hydroxylation sites is 2. The zero-order chi connectivity index (χ0) is 18.4. The van der Waals surface area contributed by atoms with Crippen LogP contribution in [0.25, 0.3) is 22.6 Å². The predicted molar refractivity (Wildman–Crippen MR) is 105 cm³/mol. The van der Waals surface area contributed by atoms with E-state index in [1.54, 1.807) is 0 Å². The highest BCUT2D eigenvalue weighted by molar-refractivity contribution is 5.79. The Morgan fingerprint density at radius 2 is 1.81 bits per heavy atom. The van der Waals surface area contributed by atoms with Crippen LogP contribution in [0.15, 0.2) is 54.9 Å². The Kier molecular flexibility index (Phi) is 3.94. The first-order chi connectivity index (χ1) is 12.5. The summed E-state index contributed by atoms with van der Waals surface area (Å²) < 4.78 is 4.39. The van der Waals surface area contributed by atoms with E-state index in [1.807, 2.05) is 6.07 Å². The summed E-state index contributed by atoms with van der Waals surface area (Å²) in [6.07, 6.45) is 4.63. The molecule has 2 aromatic heterocycles. The maximum absolute atomic E-state index is 4.87. The molecule has 134 valence electrons. The molecule has 0 radical (unpaired) electrons. The van der Waals surface area contributed by atoms with E-state index in [4.69, 9.17) is 4.98 Å². The number of hydrogen-bond acceptors (Lipinski definition) is 3. The molecule has 0 bridgehead atoms. The van der Waals surface area contributed by atoms with Gasteiger partial charge in [-0.05, 0) is 45.0 Å². The summed E-state index contributed by atoms with van der Waals surface area (Å²) in [4.78, 5) is 9.54. The summed E-state index contributed by atoms with van der Waals surface area (Å²) in [6, 6.07) is 15.2. The summed E-state index contributed by atoms with van der Waals surface area (Å²) in [5.41, 5.74) is 3.27. The first-order valence-corrected chi connectivity index (χ1v) is 9.14. The zero-order valence-corrected chi connectivity index (χ0v) is 16.1. The Morgan fingerprint density at radius 3 is 2.50 bits per heavy atom. The van der Waals surface area contributed by atoms with Gasteiger partial charge in [-0.3, -0.25) is 0 Å².